The molecule has 1 aliphatic rings. The second-order valence-electron chi connectivity index (χ2n) is 8.47. The number of anilines is 1. The molecule has 3 aromatic heterocycles. The molecule has 0 aliphatic carbocycles. The van der Waals surface area contributed by atoms with E-state index in [1.807, 2.05) is 19.2 Å². The Morgan fingerprint density at radius 3 is 2.84 bits per heavy atom. The van der Waals surface area contributed by atoms with Gasteiger partial charge in [0, 0.05) is 25.7 Å². The summed E-state index contributed by atoms with van der Waals surface area (Å²) in [7, 11) is 1.74. The van der Waals surface area contributed by atoms with Gasteiger partial charge in [0.15, 0.2) is 0 Å². The van der Waals surface area contributed by atoms with Gasteiger partial charge in [-0.15, -0.1) is 22.7 Å². The van der Waals surface area contributed by atoms with Crippen LogP contribution in [0.2, 0.25) is 0 Å². The summed E-state index contributed by atoms with van der Waals surface area (Å²) < 4.78 is 2.60. The monoisotopic (exact) mass is 523 g/mol. The lowest BCUT2D eigenvalue weighted by Gasteiger charge is -2.31. The zero-order valence-electron chi connectivity index (χ0n) is 18.1. The number of thiazole rings is 1. The molecule has 4 rings (SSSR count). The molecule has 166 valence electrons. The molecule has 0 radical (unpaired) electrons. The lowest BCUT2D eigenvalue weighted by Crippen LogP contribution is -2.42. The Morgan fingerprint density at radius 2 is 2.13 bits per heavy atom. The van der Waals surface area contributed by atoms with E-state index in [1.54, 1.807) is 22.7 Å². The van der Waals surface area contributed by atoms with Crippen molar-refractivity contribution < 1.29 is 9.59 Å². The summed E-state index contributed by atoms with van der Waals surface area (Å²) in [5.41, 5.74) is 1.66. The van der Waals surface area contributed by atoms with Crippen molar-refractivity contribution in [2.45, 2.75) is 39.2 Å². The number of carbonyl (C=O) groups excluding carboxylic acids is 2. The fourth-order valence-electron chi connectivity index (χ4n) is 4.07. The van der Waals surface area contributed by atoms with E-state index in [0.29, 0.717) is 17.0 Å². The molecule has 0 unspecified atom stereocenters. The number of rotatable bonds is 6. The predicted octanol–water partition coefficient (Wildman–Crippen LogP) is 4.41. The summed E-state index contributed by atoms with van der Waals surface area (Å²) in [6.45, 7) is 8.99. The number of aromatic nitrogens is 2. The molecule has 2 amide bonds. The molecule has 1 saturated heterocycles. The molecule has 0 saturated carbocycles. The number of nitrogens with one attached hydrogen (secondary N) is 1. The smallest absolute Gasteiger partial charge is 0.263 e. The summed E-state index contributed by atoms with van der Waals surface area (Å²) in [4.78, 5) is 31.3. The summed E-state index contributed by atoms with van der Waals surface area (Å²) in [5, 5.41) is 8.06. The van der Waals surface area contributed by atoms with E-state index in [0.717, 1.165) is 32.3 Å². The fraction of sp³-hybridized carbons (Fsp3) is 0.476. The highest BCUT2D eigenvalue weighted by molar-refractivity contribution is 9.11. The van der Waals surface area contributed by atoms with Crippen LogP contribution < -0.4 is 10.2 Å². The third kappa shape index (κ3) is 4.44. The third-order valence-electron chi connectivity index (χ3n) is 5.86. The molecule has 3 aromatic rings. The number of carbonyl (C=O) groups is 2. The topological polar surface area (TPSA) is 70.0 Å². The number of nitrogens with zero attached hydrogens (tertiary/aromatic N) is 4. The molecule has 0 atom stereocenters. The highest BCUT2D eigenvalue weighted by atomic mass is 79.9. The molecule has 7 nitrogen and oxygen atoms in total. The van der Waals surface area contributed by atoms with Crippen molar-refractivity contribution in [1.82, 2.24) is 19.8 Å². The zero-order chi connectivity index (χ0) is 22.3. The van der Waals surface area contributed by atoms with Crippen LogP contribution >= 0.6 is 38.6 Å². The average molecular weight is 525 g/mol. The highest BCUT2D eigenvalue weighted by Gasteiger charge is 2.31. The first-order valence-electron chi connectivity index (χ1n) is 10.2. The standard InChI is InChI=1S/C21H26BrN5O2S2/c1-13-10-15(17(28)23-7-9-26-8-5-6-21(26,2)3)30-19(13)25(4)18(29)14-11-24-27-12-16(22)31-20(14)27/h10-12H,5-9H2,1-4H3,(H,23,28). The Bertz CT molecular complexity index is 1130. The van der Waals surface area contributed by atoms with E-state index in [4.69, 9.17) is 0 Å². The van der Waals surface area contributed by atoms with E-state index >= 15 is 0 Å². The van der Waals surface area contributed by atoms with Crippen molar-refractivity contribution in [2.75, 3.05) is 31.6 Å². The fourth-order valence-corrected chi connectivity index (χ4v) is 6.55. The first-order valence-corrected chi connectivity index (χ1v) is 12.6. The van der Waals surface area contributed by atoms with E-state index < -0.39 is 0 Å². The Labute approximate surface area is 198 Å². The van der Waals surface area contributed by atoms with Crippen molar-refractivity contribution >= 4 is 60.2 Å². The minimum Gasteiger partial charge on any atom is -0.350 e. The van der Waals surface area contributed by atoms with Crippen LogP contribution in [0, 0.1) is 6.92 Å². The van der Waals surface area contributed by atoms with E-state index in [9.17, 15) is 9.59 Å². The maximum Gasteiger partial charge on any atom is 0.263 e. The predicted molar refractivity (Wildman–Crippen MR) is 130 cm³/mol. The normalized spacial score (nSPS) is 16.2. The lowest BCUT2D eigenvalue weighted by molar-refractivity contribution is 0.0943. The minimum absolute atomic E-state index is 0.0905. The maximum atomic E-state index is 13.1. The molecule has 0 spiro atoms. The van der Waals surface area contributed by atoms with Gasteiger partial charge in [0.25, 0.3) is 11.8 Å². The Balaban J connectivity index is 1.42. The highest BCUT2D eigenvalue weighted by Crippen LogP contribution is 2.33. The van der Waals surface area contributed by atoms with Crippen LogP contribution in [0.3, 0.4) is 0 Å². The minimum atomic E-state index is -0.141. The average Bonchev–Trinajstić information content (AvgIpc) is 3.44. The zero-order valence-corrected chi connectivity index (χ0v) is 21.3. The summed E-state index contributed by atoms with van der Waals surface area (Å²) in [5.74, 6) is -0.232. The third-order valence-corrected chi connectivity index (χ3v) is 8.77. The van der Waals surface area contributed by atoms with Crippen molar-refractivity contribution in [3.05, 3.63) is 38.3 Å². The summed E-state index contributed by atoms with van der Waals surface area (Å²) >= 11 is 6.24. The molecule has 1 fully saturated rings. The van der Waals surface area contributed by atoms with Crippen LogP contribution in [0.15, 0.2) is 22.2 Å². The quantitative estimate of drug-likeness (QED) is 0.519. The number of halogens is 1. The van der Waals surface area contributed by atoms with Gasteiger partial charge in [-0.05, 0) is 67.7 Å². The number of hydrogen-bond donors (Lipinski definition) is 1. The molecule has 31 heavy (non-hydrogen) atoms. The van der Waals surface area contributed by atoms with Crippen molar-refractivity contribution in [2.24, 2.45) is 0 Å². The number of hydrogen-bond acceptors (Lipinski definition) is 6. The molecule has 4 heterocycles. The van der Waals surface area contributed by atoms with E-state index in [2.05, 4.69) is 45.1 Å². The van der Waals surface area contributed by atoms with Gasteiger partial charge in [-0.25, -0.2) is 4.52 Å². The van der Waals surface area contributed by atoms with Crippen LogP contribution in [0.25, 0.3) is 4.83 Å². The van der Waals surface area contributed by atoms with Gasteiger partial charge < -0.3 is 10.2 Å². The molecule has 1 N–H and O–H groups in total. The van der Waals surface area contributed by atoms with Crippen molar-refractivity contribution in [3.8, 4) is 0 Å². The molecular weight excluding hydrogens is 498 g/mol. The SMILES string of the molecule is Cc1cc(C(=O)NCCN2CCCC2(C)C)sc1N(C)C(=O)c1cnn2cc(Br)sc12. The maximum absolute atomic E-state index is 13.1. The Morgan fingerprint density at radius 1 is 1.35 bits per heavy atom. The van der Waals surface area contributed by atoms with E-state index in [1.165, 1.54) is 35.5 Å². The van der Waals surface area contributed by atoms with Crippen LogP contribution in [0.5, 0.6) is 0 Å². The number of likely N-dealkylation sites (tertiary alicyclic amines) is 1. The van der Waals surface area contributed by atoms with Gasteiger partial charge in [0.2, 0.25) is 0 Å². The Kier molecular flexibility index (Phi) is 6.26. The van der Waals surface area contributed by atoms with Gasteiger partial charge in [-0.1, -0.05) is 0 Å². The number of aryl methyl sites for hydroxylation is 1. The number of fused-ring (bicyclic) bond motifs is 1. The van der Waals surface area contributed by atoms with Gasteiger partial charge >= 0.3 is 0 Å². The van der Waals surface area contributed by atoms with Gasteiger partial charge in [-0.3, -0.25) is 14.5 Å². The first-order chi connectivity index (χ1) is 14.7. The second kappa shape index (κ2) is 8.65. The van der Waals surface area contributed by atoms with Crippen LogP contribution in [-0.4, -0.2) is 58.5 Å². The molecule has 0 bridgehead atoms. The van der Waals surface area contributed by atoms with Gasteiger partial charge in [0.1, 0.15) is 9.83 Å². The van der Waals surface area contributed by atoms with Crippen LogP contribution in [0.1, 0.15) is 52.3 Å². The van der Waals surface area contributed by atoms with Gasteiger partial charge in [-0.2, -0.15) is 5.10 Å². The number of amides is 2. The summed E-state index contributed by atoms with van der Waals surface area (Å²) in [6, 6.07) is 1.86. The molecule has 1 aliphatic heterocycles. The van der Waals surface area contributed by atoms with E-state index in [-0.39, 0.29) is 17.4 Å². The summed E-state index contributed by atoms with van der Waals surface area (Å²) in [6.07, 6.45) is 5.83. The van der Waals surface area contributed by atoms with Crippen molar-refractivity contribution in [1.29, 1.82) is 0 Å². The lowest BCUT2D eigenvalue weighted by atomic mass is 10.0. The molecular formula is C21H26BrN5O2S2. The van der Waals surface area contributed by atoms with Crippen LogP contribution in [-0.2, 0) is 0 Å². The largest absolute Gasteiger partial charge is 0.350 e. The number of thiophene rings is 1. The Hall–Kier alpha value is -1.75. The molecule has 10 heteroatoms. The molecule has 0 aromatic carbocycles. The second-order valence-corrected chi connectivity index (χ2v) is 11.9. The first kappa shape index (κ1) is 22.4. The van der Waals surface area contributed by atoms with Gasteiger partial charge in [0.05, 0.1) is 26.6 Å². The van der Waals surface area contributed by atoms with Crippen molar-refractivity contribution in [3.63, 3.8) is 0 Å². The van der Waals surface area contributed by atoms with Crippen LogP contribution in [0.4, 0.5) is 5.00 Å².